The van der Waals surface area contributed by atoms with Gasteiger partial charge in [0.05, 0.1) is 0 Å². The summed E-state index contributed by atoms with van der Waals surface area (Å²) in [6.07, 6.45) is 2.09. The van der Waals surface area contributed by atoms with E-state index in [4.69, 9.17) is 0 Å². The first-order valence-corrected chi connectivity index (χ1v) is 21.9. The highest BCUT2D eigenvalue weighted by Crippen LogP contribution is 2.54. The number of hydrogen-bond acceptors (Lipinski definition) is 0. The molecular formula is C61H42. The van der Waals surface area contributed by atoms with Gasteiger partial charge in [-0.2, -0.15) is 0 Å². The molecule has 0 fully saturated rings. The minimum Gasteiger partial charge on any atom is -0.0642 e. The minimum absolute atomic E-state index is 0.0654. The lowest BCUT2D eigenvalue weighted by Gasteiger charge is -2.30. The van der Waals surface area contributed by atoms with E-state index in [1.807, 2.05) is 0 Å². The molecule has 286 valence electrons. The molecule has 61 heavy (non-hydrogen) atoms. The van der Waals surface area contributed by atoms with E-state index in [-0.39, 0.29) is 5.41 Å². The molecule has 0 saturated carbocycles. The molecule has 0 radical (unpaired) electrons. The predicted molar refractivity (Wildman–Crippen MR) is 262 cm³/mol. The molecule has 12 aromatic rings. The second kappa shape index (κ2) is 12.9. The molecule has 0 unspecified atom stereocenters. The number of rotatable bonds is 6. The van der Waals surface area contributed by atoms with Crippen LogP contribution in [0.1, 0.15) is 37.8 Å². The average molecular weight is 775 g/mol. The van der Waals surface area contributed by atoms with Crippen LogP contribution in [0.5, 0.6) is 0 Å². The van der Waals surface area contributed by atoms with Crippen LogP contribution in [0.3, 0.4) is 0 Å². The normalized spacial score (nSPS) is 13.3. The maximum atomic E-state index is 2.51. The molecular weight excluding hydrogens is 733 g/mol. The second-order valence-electron chi connectivity index (χ2n) is 17.4. The van der Waals surface area contributed by atoms with E-state index in [1.54, 1.807) is 0 Å². The van der Waals surface area contributed by atoms with Crippen molar-refractivity contribution in [1.82, 2.24) is 0 Å². The van der Waals surface area contributed by atoms with Crippen molar-refractivity contribution in [1.29, 1.82) is 0 Å². The van der Waals surface area contributed by atoms with Gasteiger partial charge >= 0.3 is 0 Å². The first-order valence-electron chi connectivity index (χ1n) is 21.9. The molecule has 0 bridgehead atoms. The van der Waals surface area contributed by atoms with Gasteiger partial charge in [0.2, 0.25) is 0 Å². The van der Waals surface area contributed by atoms with Crippen molar-refractivity contribution in [3.63, 3.8) is 0 Å². The van der Waals surface area contributed by atoms with E-state index in [9.17, 15) is 0 Å². The summed E-state index contributed by atoms with van der Waals surface area (Å²) in [4.78, 5) is 0. The lowest BCUT2D eigenvalue weighted by molar-refractivity contribution is 0.491. The smallest absolute Gasteiger partial charge is 0.0210 e. The SMILES string of the molecule is CCC1(CC)c2cc(-c3cccc(-c4ccc5ccc6cccc7ccc4c5c67)c3)ccc2-c2ccc(-c3cccc(-c4ccc5ccc6cccc7ccc4c5c67)c3)cc21. The number of benzene rings is 12. The van der Waals surface area contributed by atoms with E-state index in [2.05, 4.69) is 208 Å². The molecule has 0 N–H and O–H groups in total. The topological polar surface area (TPSA) is 0 Å². The van der Waals surface area contributed by atoms with Gasteiger partial charge in [-0.1, -0.05) is 184 Å². The highest BCUT2D eigenvalue weighted by Gasteiger charge is 2.41. The summed E-state index contributed by atoms with van der Waals surface area (Å²) in [5.41, 5.74) is 15.7. The van der Waals surface area contributed by atoms with Gasteiger partial charge < -0.3 is 0 Å². The average Bonchev–Trinajstić information content (AvgIpc) is 3.61. The molecule has 0 aromatic heterocycles. The summed E-state index contributed by atoms with van der Waals surface area (Å²) in [6, 6.07) is 73.8. The van der Waals surface area contributed by atoms with Crippen LogP contribution in [0.4, 0.5) is 0 Å². The summed E-state index contributed by atoms with van der Waals surface area (Å²) in [5.74, 6) is 0. The summed E-state index contributed by atoms with van der Waals surface area (Å²) >= 11 is 0. The lowest BCUT2D eigenvalue weighted by atomic mass is 9.73. The molecule has 12 aromatic carbocycles. The molecule has 0 aliphatic heterocycles. The Morgan fingerprint density at radius 1 is 0.279 bits per heavy atom. The van der Waals surface area contributed by atoms with E-state index in [1.165, 1.54) is 131 Å². The largest absolute Gasteiger partial charge is 0.0642 e. The molecule has 1 aliphatic rings. The first kappa shape index (κ1) is 34.6. The summed E-state index contributed by atoms with van der Waals surface area (Å²) in [6.45, 7) is 4.76. The van der Waals surface area contributed by atoms with Gasteiger partial charge in [0.25, 0.3) is 0 Å². The van der Waals surface area contributed by atoms with Crippen molar-refractivity contribution in [3.8, 4) is 55.6 Å². The van der Waals surface area contributed by atoms with Crippen molar-refractivity contribution in [2.45, 2.75) is 32.1 Å². The monoisotopic (exact) mass is 774 g/mol. The predicted octanol–water partition coefficient (Wildman–Crippen LogP) is 17.2. The van der Waals surface area contributed by atoms with Gasteiger partial charge in [0.1, 0.15) is 0 Å². The maximum Gasteiger partial charge on any atom is 0.0210 e. The Hall–Kier alpha value is -7.28. The van der Waals surface area contributed by atoms with E-state index >= 15 is 0 Å². The molecule has 0 atom stereocenters. The van der Waals surface area contributed by atoms with Crippen LogP contribution < -0.4 is 0 Å². The van der Waals surface area contributed by atoms with Crippen LogP contribution in [0, 0.1) is 0 Å². The number of hydrogen-bond donors (Lipinski definition) is 0. The molecule has 0 heteroatoms. The van der Waals surface area contributed by atoms with Gasteiger partial charge in [-0.05, 0) is 169 Å². The minimum atomic E-state index is -0.0654. The van der Waals surface area contributed by atoms with Gasteiger partial charge in [0, 0.05) is 5.41 Å². The molecule has 1 aliphatic carbocycles. The standard InChI is InChI=1S/C61H42/c1-3-61(4-2)55-35-45(43-13-7-15-47(33-43)49-27-21-41-19-17-37-9-5-11-39-23-31-53(49)59(41)57(37)39)25-29-51(55)52-30-26-46(36-56(52)61)44-14-8-16-48(34-44)50-28-22-42-20-18-38-10-6-12-40-24-32-54(50)60(42)58(38)40/h5-36H,3-4H2,1-2H3. The van der Waals surface area contributed by atoms with E-state index in [0.717, 1.165) is 12.8 Å². The fourth-order valence-corrected chi connectivity index (χ4v) is 11.6. The highest BCUT2D eigenvalue weighted by atomic mass is 14.4. The zero-order valence-electron chi connectivity index (χ0n) is 34.4. The Bertz CT molecular complexity index is 3450. The molecule has 0 heterocycles. The zero-order valence-corrected chi connectivity index (χ0v) is 34.4. The Balaban J connectivity index is 0.887. The van der Waals surface area contributed by atoms with Crippen molar-refractivity contribution < 1.29 is 0 Å². The van der Waals surface area contributed by atoms with Crippen molar-refractivity contribution >= 4 is 64.6 Å². The van der Waals surface area contributed by atoms with Gasteiger partial charge in [-0.25, -0.2) is 0 Å². The van der Waals surface area contributed by atoms with Crippen LogP contribution in [0.2, 0.25) is 0 Å². The Morgan fingerprint density at radius 3 is 1.03 bits per heavy atom. The third-order valence-electron chi connectivity index (χ3n) is 14.6. The van der Waals surface area contributed by atoms with Crippen LogP contribution in [-0.4, -0.2) is 0 Å². The molecule has 0 saturated heterocycles. The van der Waals surface area contributed by atoms with Crippen LogP contribution in [0.15, 0.2) is 194 Å². The second-order valence-corrected chi connectivity index (χ2v) is 17.4. The van der Waals surface area contributed by atoms with Crippen LogP contribution >= 0.6 is 0 Å². The van der Waals surface area contributed by atoms with Gasteiger partial charge in [-0.15, -0.1) is 0 Å². The van der Waals surface area contributed by atoms with Crippen molar-refractivity contribution in [2.24, 2.45) is 0 Å². The Labute approximate surface area is 356 Å². The summed E-state index contributed by atoms with van der Waals surface area (Å²) < 4.78 is 0. The summed E-state index contributed by atoms with van der Waals surface area (Å²) in [7, 11) is 0. The van der Waals surface area contributed by atoms with Gasteiger partial charge in [0.15, 0.2) is 0 Å². The lowest BCUT2D eigenvalue weighted by Crippen LogP contribution is -2.23. The number of fused-ring (bicyclic) bond motifs is 3. The molecule has 13 rings (SSSR count). The first-order chi connectivity index (χ1) is 30.1. The molecule has 0 nitrogen and oxygen atoms in total. The fourth-order valence-electron chi connectivity index (χ4n) is 11.6. The maximum absolute atomic E-state index is 2.51. The fraction of sp³-hybridized carbons (Fsp3) is 0.0820. The Kier molecular flexibility index (Phi) is 7.29. The van der Waals surface area contributed by atoms with Crippen LogP contribution in [-0.2, 0) is 5.41 Å². The Morgan fingerprint density at radius 2 is 0.607 bits per heavy atom. The molecule has 0 spiro atoms. The summed E-state index contributed by atoms with van der Waals surface area (Å²) in [5, 5.41) is 15.9. The van der Waals surface area contributed by atoms with E-state index < -0.39 is 0 Å². The zero-order chi connectivity index (χ0) is 40.4. The van der Waals surface area contributed by atoms with Gasteiger partial charge in [-0.3, -0.25) is 0 Å². The third kappa shape index (κ3) is 4.88. The molecule has 0 amide bonds. The van der Waals surface area contributed by atoms with E-state index in [0.29, 0.717) is 0 Å². The van der Waals surface area contributed by atoms with Crippen LogP contribution in [0.25, 0.3) is 120 Å². The van der Waals surface area contributed by atoms with Crippen molar-refractivity contribution in [3.05, 3.63) is 205 Å². The van der Waals surface area contributed by atoms with Crippen molar-refractivity contribution in [2.75, 3.05) is 0 Å². The quantitative estimate of drug-likeness (QED) is 0.148. The highest BCUT2D eigenvalue weighted by molar-refractivity contribution is 6.26. The third-order valence-corrected chi connectivity index (χ3v) is 14.6.